The Kier molecular flexibility index (Phi) is 5.08. The van der Waals surface area contributed by atoms with Crippen LogP contribution < -0.4 is 5.43 Å². The summed E-state index contributed by atoms with van der Waals surface area (Å²) in [4.78, 5) is 13.0. The molecule has 5 aromatic rings. The molecule has 0 saturated heterocycles. The van der Waals surface area contributed by atoms with Crippen molar-refractivity contribution in [2.24, 2.45) is 7.05 Å². The Bertz CT molecular complexity index is 1410. The zero-order chi connectivity index (χ0) is 21.4. The number of fused-ring (bicyclic) bond motifs is 2. The Morgan fingerprint density at radius 1 is 0.839 bits per heavy atom. The highest BCUT2D eigenvalue weighted by molar-refractivity contribution is 7.98. The van der Waals surface area contributed by atoms with E-state index in [-0.39, 0.29) is 5.43 Å². The molecule has 0 atom stereocenters. The molecular formula is C25H22N4OS. The Hall–Kier alpha value is -3.38. The lowest BCUT2D eigenvalue weighted by Crippen LogP contribution is -2.14. The van der Waals surface area contributed by atoms with Crippen LogP contribution in [0.5, 0.6) is 0 Å². The van der Waals surface area contributed by atoms with Crippen molar-refractivity contribution in [1.29, 1.82) is 0 Å². The molecule has 0 aliphatic carbocycles. The molecule has 5 nitrogen and oxygen atoms in total. The van der Waals surface area contributed by atoms with Gasteiger partial charge in [-0.05, 0) is 42.3 Å². The lowest BCUT2D eigenvalue weighted by atomic mass is 10.1. The first kappa shape index (κ1) is 19.6. The molecule has 5 rings (SSSR count). The number of pyridine rings is 1. The normalized spacial score (nSPS) is 11.4. The molecule has 0 bridgehead atoms. The number of benzene rings is 3. The molecule has 3 aromatic carbocycles. The molecule has 0 saturated carbocycles. The lowest BCUT2D eigenvalue weighted by Gasteiger charge is -2.15. The number of hydrogen-bond acceptors (Lipinski definition) is 4. The predicted molar refractivity (Wildman–Crippen MR) is 127 cm³/mol. The van der Waals surface area contributed by atoms with Crippen LogP contribution >= 0.6 is 11.8 Å². The van der Waals surface area contributed by atoms with Gasteiger partial charge in [-0.25, -0.2) is 0 Å². The van der Waals surface area contributed by atoms with Crippen molar-refractivity contribution >= 4 is 33.6 Å². The number of aromatic nitrogens is 4. The van der Waals surface area contributed by atoms with E-state index in [4.69, 9.17) is 0 Å². The molecule has 31 heavy (non-hydrogen) atoms. The second-order valence-corrected chi connectivity index (χ2v) is 8.57. The average molecular weight is 427 g/mol. The van der Waals surface area contributed by atoms with Crippen LogP contribution in [-0.4, -0.2) is 19.3 Å². The van der Waals surface area contributed by atoms with Crippen LogP contribution in [0.3, 0.4) is 0 Å². The highest BCUT2D eigenvalue weighted by atomic mass is 32.2. The number of thioether (sulfide) groups is 1. The molecule has 0 fully saturated rings. The van der Waals surface area contributed by atoms with Gasteiger partial charge in [-0.15, -0.1) is 10.2 Å². The Morgan fingerprint density at radius 3 is 2.13 bits per heavy atom. The SMILES string of the molecule is Cc1ccccc1CSc1nnc(Cn2c3ccccc3c(=O)c3ccccc32)n1C. The molecule has 0 unspecified atom stereocenters. The molecule has 0 aliphatic heterocycles. The van der Waals surface area contributed by atoms with Gasteiger partial charge in [-0.3, -0.25) is 4.79 Å². The highest BCUT2D eigenvalue weighted by Gasteiger charge is 2.15. The summed E-state index contributed by atoms with van der Waals surface area (Å²) in [5, 5.41) is 11.2. The monoisotopic (exact) mass is 426 g/mol. The molecule has 0 spiro atoms. The van der Waals surface area contributed by atoms with Gasteiger partial charge in [0.05, 0.1) is 17.6 Å². The lowest BCUT2D eigenvalue weighted by molar-refractivity contribution is 0.696. The van der Waals surface area contributed by atoms with E-state index >= 15 is 0 Å². The third-order valence-electron chi connectivity index (χ3n) is 5.72. The molecule has 0 amide bonds. The summed E-state index contributed by atoms with van der Waals surface area (Å²) < 4.78 is 4.20. The molecule has 0 aliphatic rings. The second-order valence-electron chi connectivity index (χ2n) is 7.62. The van der Waals surface area contributed by atoms with Gasteiger partial charge in [0.15, 0.2) is 16.4 Å². The third-order valence-corrected chi connectivity index (χ3v) is 6.79. The van der Waals surface area contributed by atoms with Crippen LogP contribution in [0, 0.1) is 6.92 Å². The maximum Gasteiger partial charge on any atom is 0.197 e. The van der Waals surface area contributed by atoms with E-state index in [1.54, 1.807) is 11.8 Å². The smallest absolute Gasteiger partial charge is 0.197 e. The summed E-state index contributed by atoms with van der Waals surface area (Å²) in [6.07, 6.45) is 0. The van der Waals surface area contributed by atoms with Crippen LogP contribution in [0.1, 0.15) is 17.0 Å². The maximum atomic E-state index is 13.0. The van der Waals surface area contributed by atoms with Crippen molar-refractivity contribution in [2.75, 3.05) is 0 Å². The summed E-state index contributed by atoms with van der Waals surface area (Å²) >= 11 is 1.69. The van der Waals surface area contributed by atoms with Gasteiger partial charge in [0.1, 0.15) is 0 Å². The van der Waals surface area contributed by atoms with Gasteiger partial charge in [0.2, 0.25) is 0 Å². The van der Waals surface area contributed by atoms with Crippen molar-refractivity contribution in [3.8, 4) is 0 Å². The van der Waals surface area contributed by atoms with E-state index in [1.165, 1.54) is 11.1 Å². The Morgan fingerprint density at radius 2 is 1.45 bits per heavy atom. The first-order chi connectivity index (χ1) is 15.1. The quantitative estimate of drug-likeness (QED) is 0.295. The Labute approximate surface area is 184 Å². The van der Waals surface area contributed by atoms with Crippen molar-refractivity contribution < 1.29 is 0 Å². The predicted octanol–water partition coefficient (Wildman–Crippen LogP) is 4.93. The number of nitrogens with zero attached hydrogens (tertiary/aromatic N) is 4. The van der Waals surface area contributed by atoms with E-state index < -0.39 is 0 Å². The third kappa shape index (κ3) is 3.53. The van der Waals surface area contributed by atoms with Crippen LogP contribution in [0.15, 0.2) is 82.7 Å². The molecule has 6 heteroatoms. The molecular weight excluding hydrogens is 404 g/mol. The molecule has 2 heterocycles. The van der Waals surface area contributed by atoms with E-state index in [0.29, 0.717) is 6.54 Å². The fourth-order valence-electron chi connectivity index (χ4n) is 3.91. The molecule has 2 aromatic heterocycles. The number of hydrogen-bond donors (Lipinski definition) is 0. The van der Waals surface area contributed by atoms with Gasteiger partial charge >= 0.3 is 0 Å². The van der Waals surface area contributed by atoms with Gasteiger partial charge in [0.25, 0.3) is 0 Å². The van der Waals surface area contributed by atoms with Crippen molar-refractivity contribution in [3.05, 3.63) is 100.0 Å². The largest absolute Gasteiger partial charge is 0.333 e. The topological polar surface area (TPSA) is 52.7 Å². The number of rotatable bonds is 5. The zero-order valence-corrected chi connectivity index (χ0v) is 18.3. The first-order valence-electron chi connectivity index (χ1n) is 10.2. The van der Waals surface area contributed by atoms with Gasteiger partial charge in [-0.2, -0.15) is 0 Å². The fraction of sp³-hybridized carbons (Fsp3) is 0.160. The number of aryl methyl sites for hydroxylation is 1. The summed E-state index contributed by atoms with van der Waals surface area (Å²) in [6, 6.07) is 23.9. The van der Waals surface area contributed by atoms with E-state index in [2.05, 4.69) is 46.0 Å². The summed E-state index contributed by atoms with van der Waals surface area (Å²) in [7, 11) is 2.00. The van der Waals surface area contributed by atoms with Crippen molar-refractivity contribution in [3.63, 3.8) is 0 Å². The molecule has 0 radical (unpaired) electrons. The summed E-state index contributed by atoms with van der Waals surface area (Å²) in [5.74, 6) is 1.70. The average Bonchev–Trinajstić information content (AvgIpc) is 3.15. The van der Waals surface area contributed by atoms with Gasteiger partial charge in [0, 0.05) is 23.6 Å². The van der Waals surface area contributed by atoms with Gasteiger partial charge < -0.3 is 9.13 Å². The fourth-order valence-corrected chi connectivity index (χ4v) is 4.92. The summed E-state index contributed by atoms with van der Waals surface area (Å²) in [5.41, 5.74) is 4.46. The number of para-hydroxylation sites is 2. The maximum absolute atomic E-state index is 13.0. The molecule has 154 valence electrons. The Balaban J connectivity index is 1.53. The standard InChI is InChI=1S/C25H22N4OS/c1-17-9-3-4-10-18(17)16-31-25-27-26-23(28(25)2)15-29-21-13-7-5-11-19(21)24(30)20-12-6-8-14-22(20)29/h3-14H,15-16H2,1-2H3. The zero-order valence-electron chi connectivity index (χ0n) is 17.4. The van der Waals surface area contributed by atoms with Crippen LogP contribution in [-0.2, 0) is 19.3 Å². The van der Waals surface area contributed by atoms with Crippen LogP contribution in [0.25, 0.3) is 21.8 Å². The second kappa shape index (κ2) is 8.04. The first-order valence-corrected chi connectivity index (χ1v) is 11.2. The van der Waals surface area contributed by atoms with E-state index in [0.717, 1.165) is 38.5 Å². The molecule has 0 N–H and O–H groups in total. The van der Waals surface area contributed by atoms with Crippen LogP contribution in [0.2, 0.25) is 0 Å². The van der Waals surface area contributed by atoms with Crippen molar-refractivity contribution in [1.82, 2.24) is 19.3 Å². The highest BCUT2D eigenvalue weighted by Crippen LogP contribution is 2.24. The van der Waals surface area contributed by atoms with E-state index in [9.17, 15) is 4.79 Å². The minimum Gasteiger partial charge on any atom is -0.333 e. The van der Waals surface area contributed by atoms with Crippen LogP contribution in [0.4, 0.5) is 0 Å². The van der Waals surface area contributed by atoms with E-state index in [1.807, 2.05) is 60.1 Å². The van der Waals surface area contributed by atoms with Crippen molar-refractivity contribution in [2.45, 2.75) is 24.4 Å². The minimum atomic E-state index is 0.0647. The van der Waals surface area contributed by atoms with Gasteiger partial charge in [-0.1, -0.05) is 60.3 Å². The summed E-state index contributed by atoms with van der Waals surface area (Å²) in [6.45, 7) is 2.67. The minimum absolute atomic E-state index is 0.0647.